The van der Waals surface area contributed by atoms with Gasteiger partial charge in [-0.25, -0.2) is 4.39 Å². The van der Waals surface area contributed by atoms with E-state index >= 15 is 0 Å². The van der Waals surface area contributed by atoms with Crippen LogP contribution < -0.4 is 14.8 Å². The van der Waals surface area contributed by atoms with Crippen molar-refractivity contribution in [1.29, 1.82) is 0 Å². The van der Waals surface area contributed by atoms with Gasteiger partial charge in [0.2, 0.25) is 5.91 Å². The molecule has 3 aromatic rings. The van der Waals surface area contributed by atoms with E-state index in [2.05, 4.69) is 15.5 Å². The maximum atomic E-state index is 13.6. The van der Waals surface area contributed by atoms with Gasteiger partial charge in [-0.05, 0) is 47.9 Å². The number of nitrogens with one attached hydrogen (secondary N) is 2. The highest BCUT2D eigenvalue weighted by atomic mass is 19.1. The third kappa shape index (κ3) is 4.72. The first-order chi connectivity index (χ1) is 15.4. The molecule has 32 heavy (non-hydrogen) atoms. The fourth-order valence-electron chi connectivity index (χ4n) is 3.37. The van der Waals surface area contributed by atoms with E-state index in [1.54, 1.807) is 44.7 Å². The number of aromatic amines is 1. The third-order valence-electron chi connectivity index (χ3n) is 5.22. The molecule has 1 aliphatic rings. The molecule has 166 valence electrons. The quantitative estimate of drug-likeness (QED) is 0.617. The summed E-state index contributed by atoms with van der Waals surface area (Å²) in [6.07, 6.45) is 3.76. The summed E-state index contributed by atoms with van der Waals surface area (Å²) in [5.74, 6) is -0.407. The van der Waals surface area contributed by atoms with Gasteiger partial charge in [-0.3, -0.25) is 14.7 Å². The van der Waals surface area contributed by atoms with Gasteiger partial charge in [0.05, 0.1) is 17.8 Å². The average Bonchev–Trinajstić information content (AvgIpc) is 3.32. The maximum Gasteiger partial charge on any atom is 0.259 e. The SMILES string of the molecule is CN(C)C(=O)COc1cc(-c2cn[nH]c2)ccc1NC(=O)C1COc2ccc(F)cc2C1. The summed E-state index contributed by atoms with van der Waals surface area (Å²) < 4.78 is 24.9. The van der Waals surface area contributed by atoms with Crippen LogP contribution >= 0.6 is 0 Å². The minimum absolute atomic E-state index is 0.177. The van der Waals surface area contributed by atoms with E-state index in [-0.39, 0.29) is 30.8 Å². The van der Waals surface area contributed by atoms with Crippen molar-refractivity contribution < 1.29 is 23.5 Å². The van der Waals surface area contributed by atoms with Gasteiger partial charge in [0.15, 0.2) is 6.61 Å². The number of likely N-dealkylation sites (N-methyl/N-ethyl adjacent to an activating group) is 1. The lowest BCUT2D eigenvalue weighted by Crippen LogP contribution is -2.33. The van der Waals surface area contributed by atoms with Gasteiger partial charge >= 0.3 is 0 Å². The number of hydrogen-bond donors (Lipinski definition) is 2. The Balaban J connectivity index is 1.53. The molecule has 9 heteroatoms. The number of benzene rings is 2. The smallest absolute Gasteiger partial charge is 0.259 e. The molecule has 2 amide bonds. The number of halogens is 1. The number of carbonyl (C=O) groups is 2. The van der Waals surface area contributed by atoms with Crippen LogP contribution in [0.3, 0.4) is 0 Å². The normalized spacial score (nSPS) is 14.8. The van der Waals surface area contributed by atoms with Gasteiger partial charge in [-0.1, -0.05) is 6.07 Å². The van der Waals surface area contributed by atoms with Crippen LogP contribution in [0.5, 0.6) is 11.5 Å². The number of anilines is 1. The third-order valence-corrected chi connectivity index (χ3v) is 5.22. The molecule has 1 unspecified atom stereocenters. The van der Waals surface area contributed by atoms with Crippen molar-refractivity contribution >= 4 is 17.5 Å². The second-order valence-electron chi connectivity index (χ2n) is 7.73. The van der Waals surface area contributed by atoms with Crippen LogP contribution in [0.25, 0.3) is 11.1 Å². The largest absolute Gasteiger partial charge is 0.492 e. The van der Waals surface area contributed by atoms with Gasteiger partial charge in [0, 0.05) is 25.9 Å². The lowest BCUT2D eigenvalue weighted by atomic mass is 9.95. The molecular weight excluding hydrogens is 415 g/mol. The number of H-pyrrole nitrogens is 1. The molecule has 0 aliphatic carbocycles. The van der Waals surface area contributed by atoms with Gasteiger partial charge in [-0.2, -0.15) is 5.10 Å². The number of amides is 2. The Morgan fingerprint density at radius 2 is 2.09 bits per heavy atom. The van der Waals surface area contributed by atoms with Gasteiger partial charge in [0.1, 0.15) is 23.9 Å². The first-order valence-corrected chi connectivity index (χ1v) is 10.1. The minimum atomic E-state index is -0.492. The van der Waals surface area contributed by atoms with Crippen LogP contribution in [-0.4, -0.2) is 54.2 Å². The Bertz CT molecular complexity index is 1130. The lowest BCUT2D eigenvalue weighted by molar-refractivity contribution is -0.130. The molecule has 0 saturated carbocycles. The van der Waals surface area contributed by atoms with E-state index < -0.39 is 5.92 Å². The second kappa shape index (κ2) is 9.09. The highest BCUT2D eigenvalue weighted by Crippen LogP contribution is 2.33. The van der Waals surface area contributed by atoms with Gasteiger partial charge in [0.25, 0.3) is 5.91 Å². The summed E-state index contributed by atoms with van der Waals surface area (Å²) in [6.45, 7) is 0.0107. The summed E-state index contributed by atoms with van der Waals surface area (Å²) in [5.41, 5.74) is 2.74. The van der Waals surface area contributed by atoms with Crippen molar-refractivity contribution in [3.63, 3.8) is 0 Å². The zero-order chi connectivity index (χ0) is 22.7. The molecule has 0 bridgehead atoms. The molecule has 2 aromatic carbocycles. The molecule has 8 nitrogen and oxygen atoms in total. The lowest BCUT2D eigenvalue weighted by Gasteiger charge is -2.25. The predicted octanol–water partition coefficient (Wildman–Crippen LogP) is 2.87. The van der Waals surface area contributed by atoms with Crippen LogP contribution in [0, 0.1) is 11.7 Å². The van der Waals surface area contributed by atoms with Crippen LogP contribution in [0.1, 0.15) is 5.56 Å². The number of carbonyl (C=O) groups excluding carboxylic acids is 2. The summed E-state index contributed by atoms with van der Waals surface area (Å²) in [5, 5.41) is 9.56. The van der Waals surface area contributed by atoms with Crippen molar-refractivity contribution in [3.05, 3.63) is 60.2 Å². The van der Waals surface area contributed by atoms with E-state index in [1.165, 1.54) is 17.0 Å². The molecule has 2 N–H and O–H groups in total. The number of aromatic nitrogens is 2. The molecule has 4 rings (SSSR count). The van der Waals surface area contributed by atoms with Crippen LogP contribution in [0.4, 0.5) is 10.1 Å². The molecule has 1 atom stereocenters. The molecule has 1 aliphatic heterocycles. The van der Waals surface area contributed by atoms with Crippen LogP contribution in [0.15, 0.2) is 48.8 Å². The highest BCUT2D eigenvalue weighted by Gasteiger charge is 2.27. The second-order valence-corrected chi connectivity index (χ2v) is 7.73. The van der Waals surface area contributed by atoms with E-state index in [4.69, 9.17) is 9.47 Å². The molecule has 2 heterocycles. The first-order valence-electron chi connectivity index (χ1n) is 10.1. The Labute approximate surface area is 184 Å². The van der Waals surface area contributed by atoms with Gasteiger partial charge < -0.3 is 19.7 Å². The zero-order valence-corrected chi connectivity index (χ0v) is 17.7. The standard InChI is InChI=1S/C23H23FN4O4/c1-28(2)22(29)13-32-21-9-14(17-10-25-26-11-17)3-5-19(21)27-23(30)16-7-15-8-18(24)4-6-20(15)31-12-16/h3-6,8-11,16H,7,12-13H2,1-2H3,(H,25,26)(H,27,30). The fraction of sp³-hybridized carbons (Fsp3) is 0.261. The number of rotatable bonds is 6. The highest BCUT2D eigenvalue weighted by molar-refractivity contribution is 5.95. The fourth-order valence-corrected chi connectivity index (χ4v) is 3.37. The molecular formula is C23H23FN4O4. The van der Waals surface area contributed by atoms with E-state index in [1.807, 2.05) is 6.07 Å². The summed E-state index contributed by atoms with van der Waals surface area (Å²) in [4.78, 5) is 26.4. The zero-order valence-electron chi connectivity index (χ0n) is 17.7. The molecule has 0 radical (unpaired) electrons. The minimum Gasteiger partial charge on any atom is -0.492 e. The maximum absolute atomic E-state index is 13.6. The predicted molar refractivity (Wildman–Crippen MR) is 116 cm³/mol. The van der Waals surface area contributed by atoms with Crippen molar-refractivity contribution in [3.8, 4) is 22.6 Å². The van der Waals surface area contributed by atoms with Crippen molar-refractivity contribution in [2.75, 3.05) is 32.6 Å². The number of ether oxygens (including phenoxy) is 2. The monoisotopic (exact) mass is 438 g/mol. The number of fused-ring (bicyclic) bond motifs is 1. The van der Waals surface area contributed by atoms with Gasteiger partial charge in [-0.15, -0.1) is 0 Å². The summed E-state index contributed by atoms with van der Waals surface area (Å²) in [7, 11) is 3.28. The van der Waals surface area contributed by atoms with Crippen LogP contribution in [0.2, 0.25) is 0 Å². The first kappa shape index (κ1) is 21.4. The van der Waals surface area contributed by atoms with Crippen molar-refractivity contribution in [2.45, 2.75) is 6.42 Å². The Morgan fingerprint density at radius 1 is 1.25 bits per heavy atom. The van der Waals surface area contributed by atoms with Crippen LogP contribution in [-0.2, 0) is 16.0 Å². The Hall–Kier alpha value is -3.88. The number of hydrogen-bond acceptors (Lipinski definition) is 5. The number of nitrogens with zero attached hydrogens (tertiary/aromatic N) is 2. The topological polar surface area (TPSA) is 96.5 Å². The van der Waals surface area contributed by atoms with E-state index in [0.29, 0.717) is 29.2 Å². The molecule has 0 saturated heterocycles. The molecule has 1 aromatic heterocycles. The summed E-state index contributed by atoms with van der Waals surface area (Å²) >= 11 is 0. The molecule has 0 fully saturated rings. The average molecular weight is 438 g/mol. The Morgan fingerprint density at radius 3 is 2.84 bits per heavy atom. The van der Waals surface area contributed by atoms with E-state index in [0.717, 1.165) is 11.1 Å². The summed E-state index contributed by atoms with van der Waals surface area (Å²) in [6, 6.07) is 9.57. The van der Waals surface area contributed by atoms with Crippen molar-refractivity contribution in [2.24, 2.45) is 5.92 Å². The van der Waals surface area contributed by atoms with Crippen molar-refractivity contribution in [1.82, 2.24) is 15.1 Å². The van der Waals surface area contributed by atoms with E-state index in [9.17, 15) is 14.0 Å². The Kier molecular flexibility index (Phi) is 6.07. The molecule has 0 spiro atoms.